The highest BCUT2D eigenvalue weighted by Gasteiger charge is 2.20. The van der Waals surface area contributed by atoms with Crippen LogP contribution in [0.1, 0.15) is 48.5 Å². The predicted molar refractivity (Wildman–Crippen MR) is 80.2 cm³/mol. The van der Waals surface area contributed by atoms with Crippen LogP contribution >= 0.6 is 0 Å². The molecule has 1 fully saturated rings. The van der Waals surface area contributed by atoms with Crippen LogP contribution in [-0.2, 0) is 6.54 Å². The van der Waals surface area contributed by atoms with Crippen molar-refractivity contribution >= 4 is 12.0 Å². The van der Waals surface area contributed by atoms with Crippen LogP contribution in [-0.4, -0.2) is 23.1 Å². The van der Waals surface area contributed by atoms with Crippen molar-refractivity contribution in [3.8, 4) is 0 Å². The Kier molecular flexibility index (Phi) is 5.20. The molecule has 21 heavy (non-hydrogen) atoms. The van der Waals surface area contributed by atoms with Gasteiger partial charge in [-0.05, 0) is 36.5 Å². The second-order valence-corrected chi connectivity index (χ2v) is 5.80. The van der Waals surface area contributed by atoms with Crippen LogP contribution in [0.25, 0.3) is 0 Å². The van der Waals surface area contributed by atoms with Crippen LogP contribution in [0, 0.1) is 5.92 Å². The van der Waals surface area contributed by atoms with Crippen LogP contribution < -0.4 is 10.6 Å². The van der Waals surface area contributed by atoms with Crippen molar-refractivity contribution in [2.75, 3.05) is 0 Å². The first-order valence-electron chi connectivity index (χ1n) is 7.41. The Labute approximate surface area is 124 Å². The van der Waals surface area contributed by atoms with Crippen molar-refractivity contribution in [3.05, 3.63) is 35.4 Å². The molecule has 1 aromatic rings. The summed E-state index contributed by atoms with van der Waals surface area (Å²) in [6.07, 6.45) is 4.50. The van der Waals surface area contributed by atoms with Crippen LogP contribution in [0.3, 0.4) is 0 Å². The first-order chi connectivity index (χ1) is 10.0. The molecule has 0 radical (unpaired) electrons. The van der Waals surface area contributed by atoms with Crippen molar-refractivity contribution in [2.45, 2.75) is 45.2 Å². The molecule has 0 aliphatic heterocycles. The van der Waals surface area contributed by atoms with Crippen molar-refractivity contribution in [1.82, 2.24) is 10.6 Å². The third-order valence-electron chi connectivity index (χ3n) is 3.93. The number of carboxylic acids is 1. The minimum atomic E-state index is -0.946. The van der Waals surface area contributed by atoms with Gasteiger partial charge < -0.3 is 15.7 Å². The van der Waals surface area contributed by atoms with Crippen molar-refractivity contribution in [1.29, 1.82) is 0 Å². The average Bonchev–Trinajstić information content (AvgIpc) is 2.45. The molecule has 2 atom stereocenters. The highest BCUT2D eigenvalue weighted by atomic mass is 16.4. The Bertz CT molecular complexity index is 499. The summed E-state index contributed by atoms with van der Waals surface area (Å²) in [7, 11) is 0. The van der Waals surface area contributed by atoms with Gasteiger partial charge >= 0.3 is 12.0 Å². The number of urea groups is 1. The Balaban J connectivity index is 1.76. The van der Waals surface area contributed by atoms with E-state index in [0.717, 1.165) is 18.4 Å². The fraction of sp³-hybridized carbons (Fsp3) is 0.500. The molecule has 2 unspecified atom stereocenters. The van der Waals surface area contributed by atoms with Gasteiger partial charge in [-0.1, -0.05) is 31.9 Å². The van der Waals surface area contributed by atoms with Crippen LogP contribution in [0.15, 0.2) is 24.3 Å². The molecule has 1 saturated carbocycles. The van der Waals surface area contributed by atoms with E-state index < -0.39 is 5.97 Å². The molecule has 1 aliphatic carbocycles. The van der Waals surface area contributed by atoms with Crippen molar-refractivity contribution in [3.63, 3.8) is 0 Å². The monoisotopic (exact) mass is 290 g/mol. The lowest BCUT2D eigenvalue weighted by atomic mass is 9.87. The lowest BCUT2D eigenvalue weighted by molar-refractivity contribution is 0.0697. The molecule has 5 nitrogen and oxygen atoms in total. The number of carbonyl (C=O) groups is 2. The van der Waals surface area contributed by atoms with E-state index in [2.05, 4.69) is 17.6 Å². The third-order valence-corrected chi connectivity index (χ3v) is 3.93. The van der Waals surface area contributed by atoms with E-state index in [9.17, 15) is 9.59 Å². The molecule has 0 heterocycles. The van der Waals surface area contributed by atoms with Gasteiger partial charge in [0.1, 0.15) is 0 Å². The standard InChI is InChI=1S/C16H22N2O3/c1-11-3-2-4-14(9-11)18-16(21)17-10-12-5-7-13(8-6-12)15(19)20/h5-8,11,14H,2-4,9-10H2,1H3,(H,19,20)(H2,17,18,21). The topological polar surface area (TPSA) is 78.4 Å². The largest absolute Gasteiger partial charge is 0.478 e. The first kappa shape index (κ1) is 15.4. The van der Waals surface area contributed by atoms with E-state index >= 15 is 0 Å². The zero-order chi connectivity index (χ0) is 15.2. The number of carbonyl (C=O) groups excluding carboxylic acids is 1. The first-order valence-corrected chi connectivity index (χ1v) is 7.41. The minimum absolute atomic E-state index is 0.156. The third kappa shape index (κ3) is 4.77. The van der Waals surface area contributed by atoms with Gasteiger partial charge in [0.15, 0.2) is 0 Å². The number of hydrogen-bond donors (Lipinski definition) is 3. The summed E-state index contributed by atoms with van der Waals surface area (Å²) < 4.78 is 0. The lowest BCUT2D eigenvalue weighted by Gasteiger charge is -2.27. The van der Waals surface area contributed by atoms with Crippen molar-refractivity contribution < 1.29 is 14.7 Å². The molecule has 0 aromatic heterocycles. The number of rotatable bonds is 4. The SMILES string of the molecule is CC1CCCC(NC(=O)NCc2ccc(C(=O)O)cc2)C1. The maximum Gasteiger partial charge on any atom is 0.335 e. The molecule has 5 heteroatoms. The van der Waals surface area contributed by atoms with E-state index in [4.69, 9.17) is 5.11 Å². The number of nitrogens with one attached hydrogen (secondary N) is 2. The number of aromatic carboxylic acids is 1. The zero-order valence-electron chi connectivity index (χ0n) is 12.3. The van der Waals surface area contributed by atoms with Crippen LogP contribution in [0.2, 0.25) is 0 Å². The summed E-state index contributed by atoms with van der Waals surface area (Å²) in [6.45, 7) is 2.61. The number of carboxylic acid groups (broad SMARTS) is 1. The quantitative estimate of drug-likeness (QED) is 0.798. The second-order valence-electron chi connectivity index (χ2n) is 5.80. The summed E-state index contributed by atoms with van der Waals surface area (Å²) in [5.74, 6) is -0.272. The highest BCUT2D eigenvalue weighted by Crippen LogP contribution is 2.23. The molecule has 3 N–H and O–H groups in total. The predicted octanol–water partition coefficient (Wildman–Crippen LogP) is 2.76. The van der Waals surface area contributed by atoms with Gasteiger partial charge in [0, 0.05) is 12.6 Å². The van der Waals surface area contributed by atoms with Gasteiger partial charge in [-0.3, -0.25) is 0 Å². The van der Waals surface area contributed by atoms with E-state index in [1.165, 1.54) is 12.8 Å². The van der Waals surface area contributed by atoms with Gasteiger partial charge in [-0.25, -0.2) is 9.59 Å². The second kappa shape index (κ2) is 7.11. The van der Waals surface area contributed by atoms with E-state index in [1.54, 1.807) is 24.3 Å². The molecule has 0 saturated heterocycles. The zero-order valence-corrected chi connectivity index (χ0v) is 12.3. The smallest absolute Gasteiger partial charge is 0.335 e. The summed E-state index contributed by atoms with van der Waals surface area (Å²) in [5, 5.41) is 14.6. The van der Waals surface area contributed by atoms with E-state index in [-0.39, 0.29) is 17.6 Å². The number of amides is 2. The summed E-state index contributed by atoms with van der Waals surface area (Å²) in [6, 6.07) is 6.62. The summed E-state index contributed by atoms with van der Waals surface area (Å²) in [5.41, 5.74) is 1.13. The Morgan fingerprint density at radius 2 is 1.95 bits per heavy atom. The number of benzene rings is 1. The normalized spacial score (nSPS) is 21.6. The van der Waals surface area contributed by atoms with Gasteiger partial charge in [0.25, 0.3) is 0 Å². The lowest BCUT2D eigenvalue weighted by Crippen LogP contribution is -2.43. The molecular formula is C16H22N2O3. The highest BCUT2D eigenvalue weighted by molar-refractivity contribution is 5.87. The Hall–Kier alpha value is -2.04. The summed E-state index contributed by atoms with van der Waals surface area (Å²) in [4.78, 5) is 22.6. The molecule has 0 bridgehead atoms. The maximum absolute atomic E-state index is 11.9. The van der Waals surface area contributed by atoms with E-state index in [0.29, 0.717) is 12.5 Å². The molecule has 0 spiro atoms. The van der Waals surface area contributed by atoms with Crippen LogP contribution in [0.4, 0.5) is 4.79 Å². The van der Waals surface area contributed by atoms with Gasteiger partial charge in [0.2, 0.25) is 0 Å². The number of hydrogen-bond acceptors (Lipinski definition) is 2. The van der Waals surface area contributed by atoms with Gasteiger partial charge in [0.05, 0.1) is 5.56 Å². The van der Waals surface area contributed by atoms with Gasteiger partial charge in [-0.2, -0.15) is 0 Å². The molecule has 2 rings (SSSR count). The molecule has 2 amide bonds. The fourth-order valence-corrected chi connectivity index (χ4v) is 2.75. The van der Waals surface area contributed by atoms with Gasteiger partial charge in [-0.15, -0.1) is 0 Å². The Morgan fingerprint density at radius 1 is 1.24 bits per heavy atom. The van der Waals surface area contributed by atoms with E-state index in [1.807, 2.05) is 0 Å². The molecule has 1 aromatic carbocycles. The molecule has 1 aliphatic rings. The van der Waals surface area contributed by atoms with Crippen molar-refractivity contribution in [2.24, 2.45) is 5.92 Å². The maximum atomic E-state index is 11.9. The summed E-state index contributed by atoms with van der Waals surface area (Å²) >= 11 is 0. The molecule has 114 valence electrons. The minimum Gasteiger partial charge on any atom is -0.478 e. The van der Waals surface area contributed by atoms with Crippen LogP contribution in [0.5, 0.6) is 0 Å². The average molecular weight is 290 g/mol. The molecular weight excluding hydrogens is 268 g/mol. The fourth-order valence-electron chi connectivity index (χ4n) is 2.75. The Morgan fingerprint density at radius 3 is 2.57 bits per heavy atom.